The number of morpholine rings is 1. The lowest BCUT2D eigenvalue weighted by atomic mass is 9.78. The fraction of sp³-hybridized carbons (Fsp3) is 0.632. The van der Waals surface area contributed by atoms with Crippen LogP contribution in [-0.2, 0) is 14.0 Å². The minimum absolute atomic E-state index is 0.312. The SMILES string of the molecule is CC1(C)CN(C(=O)O)C(c2ccc(B3OC(C)(C)C(C)(C)O3)cc2)CO1. The van der Waals surface area contributed by atoms with Crippen molar-refractivity contribution in [2.75, 3.05) is 13.2 Å². The predicted molar refractivity (Wildman–Crippen MR) is 99.7 cm³/mol. The molecular weight excluding hydrogens is 333 g/mol. The van der Waals surface area contributed by atoms with Crippen LogP contribution in [0.15, 0.2) is 24.3 Å². The van der Waals surface area contributed by atoms with Crippen molar-refractivity contribution >= 4 is 18.7 Å². The van der Waals surface area contributed by atoms with Gasteiger partial charge in [0.15, 0.2) is 0 Å². The summed E-state index contributed by atoms with van der Waals surface area (Å²) in [5.74, 6) is 0. The summed E-state index contributed by atoms with van der Waals surface area (Å²) >= 11 is 0. The average molecular weight is 361 g/mol. The Morgan fingerprint density at radius 2 is 1.62 bits per heavy atom. The van der Waals surface area contributed by atoms with Crippen LogP contribution in [0.3, 0.4) is 0 Å². The molecule has 0 aromatic heterocycles. The number of ether oxygens (including phenoxy) is 1. The number of benzene rings is 1. The van der Waals surface area contributed by atoms with Crippen molar-refractivity contribution in [3.63, 3.8) is 0 Å². The summed E-state index contributed by atoms with van der Waals surface area (Å²) in [6.07, 6.45) is -0.929. The summed E-state index contributed by atoms with van der Waals surface area (Å²) in [4.78, 5) is 13.1. The third kappa shape index (κ3) is 3.48. The van der Waals surface area contributed by atoms with Crippen LogP contribution in [0.1, 0.15) is 53.1 Å². The molecule has 0 spiro atoms. The fourth-order valence-electron chi connectivity index (χ4n) is 3.29. The summed E-state index contributed by atoms with van der Waals surface area (Å²) in [5, 5.41) is 9.58. The first-order chi connectivity index (χ1) is 11.9. The van der Waals surface area contributed by atoms with Gasteiger partial charge in [-0.25, -0.2) is 4.79 Å². The number of amides is 1. The highest BCUT2D eigenvalue weighted by Gasteiger charge is 2.51. The summed E-state index contributed by atoms with van der Waals surface area (Å²) in [6, 6.07) is 7.44. The molecule has 2 fully saturated rings. The van der Waals surface area contributed by atoms with Crippen LogP contribution in [0, 0.1) is 0 Å². The Balaban J connectivity index is 1.79. The van der Waals surface area contributed by atoms with Crippen LogP contribution in [0.25, 0.3) is 0 Å². The largest absolute Gasteiger partial charge is 0.494 e. The second-order valence-electron chi connectivity index (χ2n) is 8.75. The minimum atomic E-state index is -0.929. The van der Waals surface area contributed by atoms with E-state index in [4.69, 9.17) is 14.0 Å². The number of carbonyl (C=O) groups is 1. The molecule has 2 heterocycles. The molecule has 1 amide bonds. The van der Waals surface area contributed by atoms with E-state index in [0.717, 1.165) is 11.0 Å². The highest BCUT2D eigenvalue weighted by atomic mass is 16.7. The van der Waals surface area contributed by atoms with E-state index in [2.05, 4.69) is 0 Å². The molecule has 0 bridgehead atoms. The Morgan fingerprint density at radius 1 is 1.08 bits per heavy atom. The van der Waals surface area contributed by atoms with Gasteiger partial charge in [0.25, 0.3) is 0 Å². The van der Waals surface area contributed by atoms with Gasteiger partial charge in [0.05, 0.1) is 36.0 Å². The molecule has 26 heavy (non-hydrogen) atoms. The number of carboxylic acid groups (broad SMARTS) is 1. The predicted octanol–water partition coefficient (Wildman–Crippen LogP) is 2.82. The summed E-state index contributed by atoms with van der Waals surface area (Å²) < 4.78 is 18.0. The van der Waals surface area contributed by atoms with Gasteiger partial charge in [-0.2, -0.15) is 0 Å². The molecule has 1 atom stereocenters. The number of rotatable bonds is 2. The maximum absolute atomic E-state index is 11.7. The van der Waals surface area contributed by atoms with Gasteiger partial charge in [0, 0.05) is 0 Å². The molecule has 3 rings (SSSR count). The van der Waals surface area contributed by atoms with Crippen molar-refractivity contribution in [2.24, 2.45) is 0 Å². The van der Waals surface area contributed by atoms with E-state index in [1.54, 1.807) is 0 Å². The zero-order valence-corrected chi connectivity index (χ0v) is 16.4. The van der Waals surface area contributed by atoms with Gasteiger partial charge in [-0.3, -0.25) is 4.90 Å². The Bertz CT molecular complexity index is 670. The van der Waals surface area contributed by atoms with Gasteiger partial charge < -0.3 is 19.2 Å². The highest BCUT2D eigenvalue weighted by molar-refractivity contribution is 6.62. The molecule has 0 aliphatic carbocycles. The topological polar surface area (TPSA) is 68.2 Å². The summed E-state index contributed by atoms with van der Waals surface area (Å²) in [5.41, 5.74) is 0.574. The van der Waals surface area contributed by atoms with Gasteiger partial charge in [0.2, 0.25) is 0 Å². The smallest absolute Gasteiger partial charge is 0.465 e. The second kappa shape index (κ2) is 6.25. The third-order valence-electron chi connectivity index (χ3n) is 5.65. The molecule has 0 radical (unpaired) electrons. The van der Waals surface area contributed by atoms with E-state index in [9.17, 15) is 9.90 Å². The molecule has 0 saturated carbocycles. The standard InChI is InChI=1S/C19H28BNO5/c1-17(2)12-21(16(22)23)15(11-24-17)13-7-9-14(10-8-13)20-25-18(3,4)19(5,6)26-20/h7-10,15H,11-12H2,1-6H3,(H,22,23). The molecule has 1 unspecified atom stereocenters. The summed E-state index contributed by atoms with van der Waals surface area (Å²) in [7, 11) is -0.425. The van der Waals surface area contributed by atoms with Crippen molar-refractivity contribution in [3.8, 4) is 0 Å². The molecular formula is C19H28BNO5. The molecule has 1 aromatic carbocycles. The van der Waals surface area contributed by atoms with Gasteiger partial charge in [-0.1, -0.05) is 24.3 Å². The first-order valence-corrected chi connectivity index (χ1v) is 9.01. The van der Waals surface area contributed by atoms with Gasteiger partial charge in [0.1, 0.15) is 0 Å². The van der Waals surface area contributed by atoms with Crippen molar-refractivity contribution in [3.05, 3.63) is 29.8 Å². The van der Waals surface area contributed by atoms with Crippen molar-refractivity contribution < 1.29 is 23.9 Å². The van der Waals surface area contributed by atoms with Crippen molar-refractivity contribution in [1.82, 2.24) is 4.90 Å². The monoisotopic (exact) mass is 361 g/mol. The zero-order valence-electron chi connectivity index (χ0n) is 16.4. The van der Waals surface area contributed by atoms with Crippen LogP contribution in [0.4, 0.5) is 4.79 Å². The van der Waals surface area contributed by atoms with Crippen LogP contribution >= 0.6 is 0 Å². The van der Waals surface area contributed by atoms with E-state index >= 15 is 0 Å². The number of hydrogen-bond donors (Lipinski definition) is 1. The number of hydrogen-bond acceptors (Lipinski definition) is 4. The maximum Gasteiger partial charge on any atom is 0.494 e. The molecule has 2 saturated heterocycles. The first-order valence-electron chi connectivity index (χ1n) is 9.01. The third-order valence-corrected chi connectivity index (χ3v) is 5.65. The van der Waals surface area contributed by atoms with E-state index < -0.39 is 18.8 Å². The summed E-state index contributed by atoms with van der Waals surface area (Å²) in [6.45, 7) is 12.6. The normalized spacial score (nSPS) is 26.8. The maximum atomic E-state index is 11.7. The highest BCUT2D eigenvalue weighted by Crippen LogP contribution is 2.36. The molecule has 142 valence electrons. The van der Waals surface area contributed by atoms with Crippen LogP contribution in [-0.4, -0.2) is 53.2 Å². The Labute approximate surface area is 155 Å². The van der Waals surface area contributed by atoms with E-state index in [0.29, 0.717) is 13.2 Å². The quantitative estimate of drug-likeness (QED) is 0.821. The van der Waals surface area contributed by atoms with E-state index in [1.165, 1.54) is 4.90 Å². The Kier molecular flexibility index (Phi) is 4.62. The van der Waals surface area contributed by atoms with E-state index in [-0.39, 0.29) is 17.2 Å². The second-order valence-corrected chi connectivity index (χ2v) is 8.75. The lowest BCUT2D eigenvalue weighted by Crippen LogP contribution is -2.51. The van der Waals surface area contributed by atoms with Crippen molar-refractivity contribution in [1.29, 1.82) is 0 Å². The average Bonchev–Trinajstić information content (AvgIpc) is 2.75. The van der Waals surface area contributed by atoms with Crippen molar-refractivity contribution in [2.45, 2.75) is 64.4 Å². The van der Waals surface area contributed by atoms with Gasteiger partial charge in [-0.15, -0.1) is 0 Å². The molecule has 7 heteroatoms. The van der Waals surface area contributed by atoms with Gasteiger partial charge in [-0.05, 0) is 52.6 Å². The minimum Gasteiger partial charge on any atom is -0.465 e. The van der Waals surface area contributed by atoms with Crippen LogP contribution in [0.2, 0.25) is 0 Å². The molecule has 2 aliphatic heterocycles. The number of nitrogens with zero attached hydrogens (tertiary/aromatic N) is 1. The fourth-order valence-corrected chi connectivity index (χ4v) is 3.29. The Morgan fingerprint density at radius 3 is 2.12 bits per heavy atom. The Hall–Kier alpha value is -1.57. The lowest BCUT2D eigenvalue weighted by Gasteiger charge is -2.42. The molecule has 1 N–H and O–H groups in total. The zero-order chi connectivity index (χ0) is 19.3. The molecule has 6 nitrogen and oxygen atoms in total. The molecule has 2 aliphatic rings. The van der Waals surface area contributed by atoms with E-state index in [1.807, 2.05) is 65.8 Å². The lowest BCUT2D eigenvalue weighted by molar-refractivity contribution is -0.106. The van der Waals surface area contributed by atoms with Crippen LogP contribution < -0.4 is 5.46 Å². The van der Waals surface area contributed by atoms with Crippen LogP contribution in [0.5, 0.6) is 0 Å². The van der Waals surface area contributed by atoms with Gasteiger partial charge >= 0.3 is 13.2 Å². The molecule has 1 aromatic rings. The first kappa shape index (κ1) is 19.2.